The summed E-state index contributed by atoms with van der Waals surface area (Å²) < 4.78 is 0. The summed E-state index contributed by atoms with van der Waals surface area (Å²) in [5.74, 6) is -1.58. The Morgan fingerprint density at radius 3 is 2.62 bits per heavy atom. The monoisotopic (exact) mass is 226 g/mol. The van der Waals surface area contributed by atoms with Crippen molar-refractivity contribution in [3.05, 3.63) is 18.2 Å². The number of aromatic nitrogens is 2. The zero-order chi connectivity index (χ0) is 12.1. The molecule has 0 fully saturated rings. The fourth-order valence-electron chi connectivity index (χ4n) is 1.30. The molecule has 0 saturated heterocycles. The number of carboxylic acids is 1. The first-order chi connectivity index (χ1) is 7.50. The zero-order valence-corrected chi connectivity index (χ0v) is 8.59. The van der Waals surface area contributed by atoms with Crippen LogP contribution in [0.25, 0.3) is 0 Å². The summed E-state index contributed by atoms with van der Waals surface area (Å²) in [4.78, 5) is 28.5. The third-order valence-corrected chi connectivity index (χ3v) is 2.12. The number of carbonyl (C=O) groups excluding carboxylic acids is 1. The van der Waals surface area contributed by atoms with Crippen molar-refractivity contribution in [3.63, 3.8) is 0 Å². The molecule has 1 aromatic rings. The molecule has 2 atom stereocenters. The standard InChI is InChI=1S/C9H14N4O3/c10-6(1-5-3-12-4-13-5)9(16)7(11)2-8(14)15/h3-4,6-7H,1-2,10-11H2,(H,12,13)(H,14,15)/t6?,7-/m0/s1. The predicted octanol–water partition coefficient (Wildman–Crippen LogP) is -1.35. The number of carboxylic acid groups (broad SMARTS) is 1. The molecule has 0 aliphatic rings. The second kappa shape index (κ2) is 5.38. The van der Waals surface area contributed by atoms with Gasteiger partial charge in [-0.2, -0.15) is 0 Å². The SMILES string of the molecule is NC(Cc1cnc[nH]1)C(=O)[C@@H](N)CC(=O)O. The van der Waals surface area contributed by atoms with E-state index in [-0.39, 0.29) is 6.42 Å². The Labute approximate surface area is 91.8 Å². The number of ketones is 1. The first-order valence-corrected chi connectivity index (χ1v) is 4.74. The molecule has 0 bridgehead atoms. The van der Waals surface area contributed by atoms with Crippen LogP contribution in [0.4, 0.5) is 0 Å². The molecule has 0 spiro atoms. The van der Waals surface area contributed by atoms with Gasteiger partial charge in [-0.05, 0) is 0 Å². The van der Waals surface area contributed by atoms with E-state index >= 15 is 0 Å². The summed E-state index contributed by atoms with van der Waals surface area (Å²) in [6.45, 7) is 0. The molecule has 0 aliphatic heterocycles. The summed E-state index contributed by atoms with van der Waals surface area (Å²) in [6.07, 6.45) is 2.89. The number of nitrogens with two attached hydrogens (primary N) is 2. The molecule has 0 saturated carbocycles. The third-order valence-electron chi connectivity index (χ3n) is 2.12. The number of H-pyrrole nitrogens is 1. The smallest absolute Gasteiger partial charge is 0.305 e. The van der Waals surface area contributed by atoms with Gasteiger partial charge in [-0.15, -0.1) is 0 Å². The Balaban J connectivity index is 2.50. The number of hydrogen-bond acceptors (Lipinski definition) is 5. The summed E-state index contributed by atoms with van der Waals surface area (Å²) in [5, 5.41) is 8.48. The molecule has 6 N–H and O–H groups in total. The van der Waals surface area contributed by atoms with Crippen LogP contribution in [0.1, 0.15) is 12.1 Å². The van der Waals surface area contributed by atoms with Gasteiger partial charge in [0.05, 0.1) is 24.8 Å². The maximum Gasteiger partial charge on any atom is 0.305 e. The number of aliphatic carboxylic acids is 1. The fourth-order valence-corrected chi connectivity index (χ4v) is 1.30. The molecule has 7 heteroatoms. The molecule has 0 radical (unpaired) electrons. The topological polar surface area (TPSA) is 135 Å². The van der Waals surface area contributed by atoms with E-state index in [0.29, 0.717) is 5.69 Å². The quantitative estimate of drug-likeness (QED) is 0.473. The van der Waals surface area contributed by atoms with Crippen molar-refractivity contribution in [2.24, 2.45) is 11.5 Å². The van der Waals surface area contributed by atoms with Crippen molar-refractivity contribution in [1.82, 2.24) is 9.97 Å². The van der Waals surface area contributed by atoms with Gasteiger partial charge >= 0.3 is 5.97 Å². The Hall–Kier alpha value is -1.73. The van der Waals surface area contributed by atoms with E-state index in [1.807, 2.05) is 0 Å². The molecule has 88 valence electrons. The normalized spacial score (nSPS) is 14.4. The second-order valence-electron chi connectivity index (χ2n) is 3.49. The average Bonchev–Trinajstić information content (AvgIpc) is 2.68. The van der Waals surface area contributed by atoms with Crippen LogP contribution >= 0.6 is 0 Å². The molecular weight excluding hydrogens is 212 g/mol. The molecule has 0 aromatic carbocycles. The van der Waals surface area contributed by atoms with Crippen LogP contribution in [0.2, 0.25) is 0 Å². The van der Waals surface area contributed by atoms with E-state index in [2.05, 4.69) is 9.97 Å². The van der Waals surface area contributed by atoms with Gasteiger partial charge in [0.1, 0.15) is 0 Å². The van der Waals surface area contributed by atoms with E-state index < -0.39 is 30.3 Å². The Morgan fingerprint density at radius 2 is 2.12 bits per heavy atom. The molecular formula is C9H14N4O3. The lowest BCUT2D eigenvalue weighted by atomic mass is 10.0. The van der Waals surface area contributed by atoms with Gasteiger partial charge in [0.15, 0.2) is 5.78 Å². The van der Waals surface area contributed by atoms with E-state index in [1.54, 1.807) is 6.20 Å². The van der Waals surface area contributed by atoms with Gasteiger partial charge in [0, 0.05) is 18.3 Å². The third kappa shape index (κ3) is 3.44. The number of nitrogens with one attached hydrogen (secondary N) is 1. The average molecular weight is 226 g/mol. The maximum absolute atomic E-state index is 11.6. The largest absolute Gasteiger partial charge is 0.481 e. The first-order valence-electron chi connectivity index (χ1n) is 4.74. The van der Waals surface area contributed by atoms with Crippen LogP contribution in [0.3, 0.4) is 0 Å². The van der Waals surface area contributed by atoms with Crippen molar-refractivity contribution in [1.29, 1.82) is 0 Å². The van der Waals surface area contributed by atoms with Crippen LogP contribution in [0.5, 0.6) is 0 Å². The van der Waals surface area contributed by atoms with Gasteiger partial charge in [-0.25, -0.2) is 4.98 Å². The van der Waals surface area contributed by atoms with Crippen molar-refractivity contribution in [3.8, 4) is 0 Å². The van der Waals surface area contributed by atoms with E-state index in [0.717, 1.165) is 0 Å². The van der Waals surface area contributed by atoms with Gasteiger partial charge in [-0.1, -0.05) is 0 Å². The van der Waals surface area contributed by atoms with Gasteiger partial charge < -0.3 is 21.6 Å². The molecule has 1 aromatic heterocycles. The molecule has 7 nitrogen and oxygen atoms in total. The van der Waals surface area contributed by atoms with Crippen LogP contribution in [0.15, 0.2) is 12.5 Å². The van der Waals surface area contributed by atoms with Crippen LogP contribution in [-0.2, 0) is 16.0 Å². The molecule has 0 amide bonds. The molecule has 1 unspecified atom stereocenters. The number of hydrogen-bond donors (Lipinski definition) is 4. The maximum atomic E-state index is 11.6. The molecule has 1 rings (SSSR count). The number of Topliss-reactive ketones (excluding diaryl/α,β-unsaturated/α-hetero) is 1. The highest BCUT2D eigenvalue weighted by Crippen LogP contribution is 2.01. The zero-order valence-electron chi connectivity index (χ0n) is 8.59. The summed E-state index contributed by atoms with van der Waals surface area (Å²) in [5.41, 5.74) is 11.7. The molecule has 0 aliphatic carbocycles. The minimum absolute atomic E-state index is 0.270. The predicted molar refractivity (Wildman–Crippen MR) is 55.5 cm³/mol. The second-order valence-corrected chi connectivity index (χ2v) is 3.49. The molecule has 16 heavy (non-hydrogen) atoms. The minimum atomic E-state index is -1.12. The Kier molecular flexibility index (Phi) is 4.15. The first kappa shape index (κ1) is 12.3. The number of imidazole rings is 1. The highest BCUT2D eigenvalue weighted by atomic mass is 16.4. The van der Waals surface area contributed by atoms with E-state index in [9.17, 15) is 9.59 Å². The van der Waals surface area contributed by atoms with Gasteiger partial charge in [-0.3, -0.25) is 9.59 Å². The van der Waals surface area contributed by atoms with Gasteiger partial charge in [0.25, 0.3) is 0 Å². The van der Waals surface area contributed by atoms with E-state index in [1.165, 1.54) is 6.33 Å². The summed E-state index contributed by atoms with van der Waals surface area (Å²) in [6, 6.07) is -1.87. The number of rotatable bonds is 6. The Morgan fingerprint density at radius 1 is 1.44 bits per heavy atom. The number of aromatic amines is 1. The number of nitrogens with zero attached hydrogens (tertiary/aromatic N) is 1. The van der Waals surface area contributed by atoms with Crippen LogP contribution in [-0.4, -0.2) is 38.9 Å². The minimum Gasteiger partial charge on any atom is -0.481 e. The lowest BCUT2D eigenvalue weighted by Gasteiger charge is -2.13. The van der Waals surface area contributed by atoms with Crippen LogP contribution in [0, 0.1) is 0 Å². The van der Waals surface area contributed by atoms with Crippen molar-refractivity contribution in [2.75, 3.05) is 0 Å². The van der Waals surface area contributed by atoms with Crippen molar-refractivity contribution >= 4 is 11.8 Å². The van der Waals surface area contributed by atoms with Crippen LogP contribution < -0.4 is 11.5 Å². The van der Waals surface area contributed by atoms with Crippen molar-refractivity contribution in [2.45, 2.75) is 24.9 Å². The lowest BCUT2D eigenvalue weighted by molar-refractivity contribution is -0.139. The summed E-state index contributed by atoms with van der Waals surface area (Å²) >= 11 is 0. The van der Waals surface area contributed by atoms with E-state index in [4.69, 9.17) is 16.6 Å². The van der Waals surface area contributed by atoms with Crippen molar-refractivity contribution < 1.29 is 14.7 Å². The lowest BCUT2D eigenvalue weighted by Crippen LogP contribution is -2.45. The fraction of sp³-hybridized carbons (Fsp3) is 0.444. The molecule has 1 heterocycles. The Bertz CT molecular complexity index is 363. The highest BCUT2D eigenvalue weighted by Gasteiger charge is 2.23. The number of carbonyl (C=O) groups is 2. The summed E-state index contributed by atoms with van der Waals surface area (Å²) in [7, 11) is 0. The van der Waals surface area contributed by atoms with Gasteiger partial charge in [0.2, 0.25) is 0 Å². The highest BCUT2D eigenvalue weighted by molar-refractivity contribution is 5.91.